The van der Waals surface area contributed by atoms with Gasteiger partial charge < -0.3 is 26.3 Å². The summed E-state index contributed by atoms with van der Waals surface area (Å²) in [5.74, 6) is -2.01. The van der Waals surface area contributed by atoms with Crippen LogP contribution in [-0.2, 0) is 0 Å². The first-order chi connectivity index (χ1) is 12.4. The van der Waals surface area contributed by atoms with Crippen molar-refractivity contribution >= 4 is 29.1 Å². The molecule has 0 atom stereocenters. The SMILES string of the molecule is CC1=C(C)NC(NC(=O)c2[nH]cnc2C(=O)Nc2c(F)cccc2Cl)N1. The van der Waals surface area contributed by atoms with Gasteiger partial charge in [-0.25, -0.2) is 9.37 Å². The number of para-hydroxylation sites is 1. The van der Waals surface area contributed by atoms with Crippen molar-refractivity contribution in [2.75, 3.05) is 5.32 Å². The lowest BCUT2D eigenvalue weighted by molar-refractivity contribution is 0.0913. The van der Waals surface area contributed by atoms with Crippen LogP contribution in [0.2, 0.25) is 5.02 Å². The summed E-state index contributed by atoms with van der Waals surface area (Å²) < 4.78 is 13.8. The zero-order valence-electron chi connectivity index (χ0n) is 13.9. The predicted octanol–water partition coefficient (Wildman–Crippen LogP) is 1.91. The summed E-state index contributed by atoms with van der Waals surface area (Å²) in [7, 11) is 0. The maximum atomic E-state index is 13.8. The second kappa shape index (κ2) is 7.04. The Kier molecular flexibility index (Phi) is 4.81. The van der Waals surface area contributed by atoms with E-state index in [1.165, 1.54) is 18.5 Å². The molecule has 0 radical (unpaired) electrons. The fourth-order valence-electron chi connectivity index (χ4n) is 2.39. The van der Waals surface area contributed by atoms with Gasteiger partial charge in [0, 0.05) is 11.4 Å². The van der Waals surface area contributed by atoms with Gasteiger partial charge in [-0.2, -0.15) is 0 Å². The van der Waals surface area contributed by atoms with Crippen LogP contribution in [0.3, 0.4) is 0 Å². The van der Waals surface area contributed by atoms with Crippen molar-refractivity contribution in [3.05, 3.63) is 58.1 Å². The highest BCUT2D eigenvalue weighted by molar-refractivity contribution is 6.34. The van der Waals surface area contributed by atoms with Gasteiger partial charge >= 0.3 is 0 Å². The number of benzene rings is 1. The Labute approximate surface area is 153 Å². The van der Waals surface area contributed by atoms with Crippen molar-refractivity contribution in [1.82, 2.24) is 25.9 Å². The molecule has 2 heterocycles. The van der Waals surface area contributed by atoms with E-state index in [4.69, 9.17) is 11.6 Å². The lowest BCUT2D eigenvalue weighted by atomic mass is 10.2. The molecule has 8 nitrogen and oxygen atoms in total. The second-order valence-corrected chi connectivity index (χ2v) is 6.03. The highest BCUT2D eigenvalue weighted by atomic mass is 35.5. The lowest BCUT2D eigenvalue weighted by Crippen LogP contribution is -2.49. The molecule has 0 aliphatic carbocycles. The third-order valence-electron chi connectivity index (χ3n) is 3.84. The summed E-state index contributed by atoms with van der Waals surface area (Å²) in [6, 6.07) is 4.02. The highest BCUT2D eigenvalue weighted by Gasteiger charge is 2.25. The molecule has 0 unspecified atom stereocenters. The molecule has 1 aromatic carbocycles. The molecular formula is C16H16ClFN6O2. The molecular weight excluding hydrogens is 363 g/mol. The van der Waals surface area contributed by atoms with Crippen molar-refractivity contribution in [1.29, 1.82) is 0 Å². The molecule has 0 fully saturated rings. The Balaban J connectivity index is 1.74. The highest BCUT2D eigenvalue weighted by Crippen LogP contribution is 2.25. The number of aromatic nitrogens is 2. The smallest absolute Gasteiger partial charge is 0.276 e. The van der Waals surface area contributed by atoms with E-state index in [2.05, 4.69) is 31.2 Å². The van der Waals surface area contributed by atoms with E-state index >= 15 is 0 Å². The molecule has 26 heavy (non-hydrogen) atoms. The van der Waals surface area contributed by atoms with Crippen molar-refractivity contribution in [3.8, 4) is 0 Å². The minimum Gasteiger partial charge on any atom is -0.351 e. The average Bonchev–Trinajstić information content (AvgIpc) is 3.18. The van der Waals surface area contributed by atoms with E-state index in [1.807, 2.05) is 13.8 Å². The topological polar surface area (TPSA) is 111 Å². The van der Waals surface area contributed by atoms with E-state index in [-0.39, 0.29) is 22.1 Å². The number of halogens is 2. The zero-order valence-corrected chi connectivity index (χ0v) is 14.7. The first kappa shape index (κ1) is 17.7. The number of amides is 2. The molecule has 2 aromatic rings. The monoisotopic (exact) mass is 378 g/mol. The number of nitrogens with one attached hydrogen (secondary N) is 5. The number of aromatic amines is 1. The van der Waals surface area contributed by atoms with Gasteiger partial charge in [0.05, 0.1) is 17.0 Å². The third kappa shape index (κ3) is 3.47. The number of rotatable bonds is 4. The van der Waals surface area contributed by atoms with Crippen LogP contribution in [0, 0.1) is 5.82 Å². The van der Waals surface area contributed by atoms with E-state index in [0.717, 1.165) is 17.5 Å². The van der Waals surface area contributed by atoms with E-state index in [0.29, 0.717) is 0 Å². The van der Waals surface area contributed by atoms with Crippen LogP contribution in [0.15, 0.2) is 35.9 Å². The Morgan fingerprint density at radius 2 is 1.88 bits per heavy atom. The van der Waals surface area contributed by atoms with Gasteiger partial charge in [-0.3, -0.25) is 9.59 Å². The Hall–Kier alpha value is -3.07. The minimum absolute atomic E-state index is 0.0382. The maximum Gasteiger partial charge on any atom is 0.276 e. The van der Waals surface area contributed by atoms with Crippen molar-refractivity contribution in [2.24, 2.45) is 0 Å². The molecule has 3 rings (SSSR count). The lowest BCUT2D eigenvalue weighted by Gasteiger charge is -2.15. The number of allylic oxidation sites excluding steroid dienone is 2. The van der Waals surface area contributed by atoms with Gasteiger partial charge in [0.2, 0.25) is 0 Å². The number of nitrogens with zero attached hydrogens (tertiary/aromatic N) is 1. The van der Waals surface area contributed by atoms with Crippen molar-refractivity contribution < 1.29 is 14.0 Å². The molecule has 1 aliphatic heterocycles. The van der Waals surface area contributed by atoms with Gasteiger partial charge in [-0.05, 0) is 26.0 Å². The molecule has 5 N–H and O–H groups in total. The summed E-state index contributed by atoms with van der Waals surface area (Å²) in [5, 5.41) is 11.1. The summed E-state index contributed by atoms with van der Waals surface area (Å²) in [5.41, 5.74) is 1.38. The Morgan fingerprint density at radius 1 is 1.19 bits per heavy atom. The van der Waals surface area contributed by atoms with Crippen molar-refractivity contribution in [3.63, 3.8) is 0 Å². The average molecular weight is 379 g/mol. The van der Waals surface area contributed by atoms with Gasteiger partial charge in [-0.15, -0.1) is 0 Å². The van der Waals surface area contributed by atoms with Crippen molar-refractivity contribution in [2.45, 2.75) is 20.1 Å². The number of hydrogen-bond donors (Lipinski definition) is 5. The van der Waals surface area contributed by atoms with E-state index < -0.39 is 23.9 Å². The number of hydrogen-bond acceptors (Lipinski definition) is 5. The predicted molar refractivity (Wildman–Crippen MR) is 93.9 cm³/mol. The standard InChI is InChI=1S/C16H16ClFN6O2/c1-7-8(2)22-16(21-7)24-15(26)13-12(19-6-20-13)14(25)23-11-9(17)4-3-5-10(11)18/h3-6,16,21-22H,1-2H3,(H,19,20)(H,23,25)(H,24,26). The fraction of sp³-hybridized carbons (Fsp3) is 0.188. The maximum absolute atomic E-state index is 13.8. The van der Waals surface area contributed by atoms with E-state index in [9.17, 15) is 14.0 Å². The number of H-pyrrole nitrogens is 1. The molecule has 0 bridgehead atoms. The van der Waals surface area contributed by atoms with Gasteiger partial charge in [0.25, 0.3) is 11.8 Å². The summed E-state index contributed by atoms with van der Waals surface area (Å²) in [4.78, 5) is 31.3. The van der Waals surface area contributed by atoms with Crippen LogP contribution in [0.25, 0.3) is 0 Å². The molecule has 0 saturated carbocycles. The number of anilines is 1. The van der Waals surface area contributed by atoms with Crippen LogP contribution in [0.1, 0.15) is 34.8 Å². The van der Waals surface area contributed by atoms with Gasteiger partial charge in [0.15, 0.2) is 12.0 Å². The van der Waals surface area contributed by atoms with Crippen LogP contribution in [0.4, 0.5) is 10.1 Å². The molecule has 136 valence electrons. The quantitative estimate of drug-likeness (QED) is 0.558. The summed E-state index contributed by atoms with van der Waals surface area (Å²) in [6.45, 7) is 3.73. The number of imidazole rings is 1. The number of carbonyl (C=O) groups is 2. The fourth-order valence-corrected chi connectivity index (χ4v) is 2.60. The van der Waals surface area contributed by atoms with Crippen LogP contribution in [0.5, 0.6) is 0 Å². The number of carbonyl (C=O) groups excluding carboxylic acids is 2. The van der Waals surface area contributed by atoms with Gasteiger partial charge in [0.1, 0.15) is 11.5 Å². The molecule has 1 aromatic heterocycles. The van der Waals surface area contributed by atoms with Gasteiger partial charge in [-0.1, -0.05) is 17.7 Å². The summed E-state index contributed by atoms with van der Waals surface area (Å²) in [6.07, 6.45) is 0.694. The third-order valence-corrected chi connectivity index (χ3v) is 4.16. The first-order valence-corrected chi connectivity index (χ1v) is 8.04. The second-order valence-electron chi connectivity index (χ2n) is 5.62. The largest absolute Gasteiger partial charge is 0.351 e. The van der Waals surface area contributed by atoms with Crippen LogP contribution >= 0.6 is 11.6 Å². The molecule has 10 heteroatoms. The molecule has 2 amide bonds. The first-order valence-electron chi connectivity index (χ1n) is 7.67. The Morgan fingerprint density at radius 3 is 2.54 bits per heavy atom. The van der Waals surface area contributed by atoms with Crippen LogP contribution in [-0.4, -0.2) is 28.1 Å². The van der Waals surface area contributed by atoms with E-state index in [1.54, 1.807) is 0 Å². The normalized spacial score (nSPS) is 14.0. The zero-order chi connectivity index (χ0) is 18.8. The Bertz CT molecular complexity index is 876. The molecule has 1 aliphatic rings. The van der Waals surface area contributed by atoms with Crippen LogP contribution < -0.4 is 21.3 Å². The molecule has 0 spiro atoms. The summed E-state index contributed by atoms with van der Waals surface area (Å²) >= 11 is 5.89. The molecule has 0 saturated heterocycles. The minimum atomic E-state index is -0.763.